The van der Waals surface area contributed by atoms with Gasteiger partial charge in [-0.2, -0.15) is 5.26 Å². The van der Waals surface area contributed by atoms with Crippen LogP contribution in [0.15, 0.2) is 36.7 Å². The highest BCUT2D eigenvalue weighted by atomic mass is 16.2. The smallest absolute Gasteiger partial charge is 0.251 e. The van der Waals surface area contributed by atoms with Crippen molar-refractivity contribution in [3.05, 3.63) is 42.2 Å². The molecule has 1 heterocycles. The molecule has 0 saturated carbocycles. The lowest BCUT2D eigenvalue weighted by Crippen LogP contribution is -2.47. The van der Waals surface area contributed by atoms with Crippen LogP contribution in [-0.2, 0) is 4.79 Å². The Bertz CT molecular complexity index is 762. The molecule has 0 aliphatic carbocycles. The maximum atomic E-state index is 12.5. The van der Waals surface area contributed by atoms with Gasteiger partial charge in [0, 0.05) is 23.5 Å². The van der Waals surface area contributed by atoms with E-state index in [1.165, 1.54) is 0 Å². The third kappa shape index (κ3) is 5.18. The lowest BCUT2D eigenvalue weighted by Gasteiger charge is -2.19. The van der Waals surface area contributed by atoms with Crippen molar-refractivity contribution >= 4 is 11.8 Å². The summed E-state index contributed by atoms with van der Waals surface area (Å²) < 4.78 is 0. The molecule has 1 aromatic heterocycles. The number of amides is 2. The van der Waals surface area contributed by atoms with Crippen LogP contribution in [0.3, 0.4) is 0 Å². The average Bonchev–Trinajstić information content (AvgIpc) is 3.13. The fourth-order valence-corrected chi connectivity index (χ4v) is 2.43. The first-order chi connectivity index (χ1) is 12.0. The van der Waals surface area contributed by atoms with Crippen molar-refractivity contribution in [3.63, 3.8) is 0 Å². The van der Waals surface area contributed by atoms with Gasteiger partial charge in [0.25, 0.3) is 5.91 Å². The molecule has 7 heteroatoms. The molecule has 0 radical (unpaired) electrons. The summed E-state index contributed by atoms with van der Waals surface area (Å²) in [5.41, 5.74) is 1.22. The molecule has 2 aromatic rings. The fraction of sp³-hybridized carbons (Fsp3) is 0.333. The number of imidazole rings is 1. The second-order valence-electron chi connectivity index (χ2n) is 6.05. The van der Waals surface area contributed by atoms with Gasteiger partial charge >= 0.3 is 0 Å². The molecule has 2 rings (SSSR count). The Morgan fingerprint density at radius 1 is 1.36 bits per heavy atom. The number of H-pyrrole nitrogens is 1. The van der Waals surface area contributed by atoms with Crippen LogP contribution < -0.4 is 10.6 Å². The Balaban J connectivity index is 2.13. The van der Waals surface area contributed by atoms with Gasteiger partial charge in [-0.05, 0) is 24.5 Å². The molecule has 0 aliphatic rings. The fourth-order valence-electron chi connectivity index (χ4n) is 2.43. The minimum absolute atomic E-state index is 0.0860. The standard InChI is InChI=1S/C18H21N5O2/c1-12(2)10-15(18(25)22-7-6-19)23-17(24)14-5-3-4-13(11-14)16-20-8-9-21-16/h3-5,8-9,11-12,15H,7,10H2,1-2H3,(H,20,21)(H,22,25)(H,23,24)/t15-/m0/s1. The third-order valence-corrected chi connectivity index (χ3v) is 3.57. The van der Waals surface area contributed by atoms with Crippen LogP contribution in [0, 0.1) is 17.2 Å². The predicted molar refractivity (Wildman–Crippen MR) is 93.4 cm³/mol. The SMILES string of the molecule is CC(C)C[C@H](NC(=O)c1cccc(-c2ncc[nH]2)c1)C(=O)NCC#N. The van der Waals surface area contributed by atoms with Gasteiger partial charge in [0.1, 0.15) is 18.4 Å². The lowest BCUT2D eigenvalue weighted by molar-refractivity contribution is -0.123. The van der Waals surface area contributed by atoms with E-state index in [1.54, 1.807) is 30.6 Å². The summed E-state index contributed by atoms with van der Waals surface area (Å²) in [5.74, 6) is 0.185. The number of benzene rings is 1. The minimum Gasteiger partial charge on any atom is -0.345 e. The summed E-state index contributed by atoms with van der Waals surface area (Å²) in [6.07, 6.45) is 3.83. The molecule has 0 fully saturated rings. The van der Waals surface area contributed by atoms with E-state index in [-0.39, 0.29) is 24.3 Å². The van der Waals surface area contributed by atoms with E-state index in [1.807, 2.05) is 26.0 Å². The predicted octanol–water partition coefficient (Wildman–Crippen LogP) is 1.86. The molecule has 7 nitrogen and oxygen atoms in total. The Morgan fingerprint density at radius 3 is 2.80 bits per heavy atom. The largest absolute Gasteiger partial charge is 0.345 e. The first kappa shape index (κ1) is 18.2. The van der Waals surface area contributed by atoms with Crippen molar-refractivity contribution in [2.24, 2.45) is 5.92 Å². The summed E-state index contributed by atoms with van der Waals surface area (Å²) >= 11 is 0. The number of hydrogen-bond donors (Lipinski definition) is 3. The topological polar surface area (TPSA) is 111 Å². The Kier molecular flexibility index (Phi) is 6.29. The minimum atomic E-state index is -0.687. The van der Waals surface area contributed by atoms with Crippen molar-refractivity contribution in [1.82, 2.24) is 20.6 Å². The summed E-state index contributed by atoms with van der Waals surface area (Å²) in [4.78, 5) is 31.9. The summed E-state index contributed by atoms with van der Waals surface area (Å²) in [6.45, 7) is 3.85. The third-order valence-electron chi connectivity index (χ3n) is 3.57. The first-order valence-electron chi connectivity index (χ1n) is 8.06. The van der Waals surface area contributed by atoms with Gasteiger partial charge in [-0.25, -0.2) is 4.98 Å². The molecule has 1 aromatic carbocycles. The number of hydrogen-bond acceptors (Lipinski definition) is 4. The van der Waals surface area contributed by atoms with Gasteiger partial charge in [0.2, 0.25) is 5.91 Å². The normalized spacial score (nSPS) is 11.6. The number of carbonyl (C=O) groups excluding carboxylic acids is 2. The Labute approximate surface area is 146 Å². The lowest BCUT2D eigenvalue weighted by atomic mass is 10.0. The van der Waals surface area contributed by atoms with E-state index >= 15 is 0 Å². The average molecular weight is 339 g/mol. The molecule has 0 saturated heterocycles. The number of rotatable bonds is 7. The monoisotopic (exact) mass is 339 g/mol. The molecular formula is C18H21N5O2. The van der Waals surface area contributed by atoms with Gasteiger partial charge in [0.05, 0.1) is 6.07 Å². The van der Waals surface area contributed by atoms with E-state index in [4.69, 9.17) is 5.26 Å². The van der Waals surface area contributed by atoms with Gasteiger partial charge in [-0.3, -0.25) is 9.59 Å². The maximum Gasteiger partial charge on any atom is 0.251 e. The molecule has 1 atom stereocenters. The summed E-state index contributed by atoms with van der Waals surface area (Å²) in [5, 5.41) is 13.9. The molecule has 0 bridgehead atoms. The van der Waals surface area contributed by atoms with Crippen LogP contribution in [-0.4, -0.2) is 34.4 Å². The number of nitriles is 1. The highest BCUT2D eigenvalue weighted by Gasteiger charge is 2.22. The van der Waals surface area contributed by atoms with Crippen molar-refractivity contribution < 1.29 is 9.59 Å². The molecule has 0 spiro atoms. The highest BCUT2D eigenvalue weighted by Crippen LogP contribution is 2.16. The zero-order chi connectivity index (χ0) is 18.2. The van der Waals surface area contributed by atoms with Crippen LogP contribution in [0.25, 0.3) is 11.4 Å². The molecule has 3 N–H and O–H groups in total. The number of nitrogens with one attached hydrogen (secondary N) is 3. The zero-order valence-electron chi connectivity index (χ0n) is 14.2. The highest BCUT2D eigenvalue weighted by molar-refractivity contribution is 5.98. The molecule has 0 aliphatic heterocycles. The van der Waals surface area contributed by atoms with Gasteiger partial charge in [0.15, 0.2) is 0 Å². The van der Waals surface area contributed by atoms with Crippen molar-refractivity contribution in [3.8, 4) is 17.5 Å². The van der Waals surface area contributed by atoms with Crippen LogP contribution in [0.5, 0.6) is 0 Å². The van der Waals surface area contributed by atoms with E-state index in [0.717, 1.165) is 5.56 Å². The zero-order valence-corrected chi connectivity index (χ0v) is 14.2. The van der Waals surface area contributed by atoms with Crippen LogP contribution in [0.1, 0.15) is 30.6 Å². The molecule has 130 valence electrons. The van der Waals surface area contributed by atoms with Crippen molar-refractivity contribution in [1.29, 1.82) is 5.26 Å². The maximum absolute atomic E-state index is 12.5. The number of nitrogens with zero attached hydrogens (tertiary/aromatic N) is 2. The van der Waals surface area contributed by atoms with E-state index < -0.39 is 6.04 Å². The van der Waals surface area contributed by atoms with E-state index in [9.17, 15) is 9.59 Å². The molecular weight excluding hydrogens is 318 g/mol. The molecule has 0 unspecified atom stereocenters. The van der Waals surface area contributed by atoms with Crippen molar-refractivity contribution in [2.75, 3.05) is 6.54 Å². The molecule has 25 heavy (non-hydrogen) atoms. The summed E-state index contributed by atoms with van der Waals surface area (Å²) in [6, 6.07) is 8.18. The second kappa shape index (κ2) is 8.64. The number of aromatic nitrogens is 2. The van der Waals surface area contributed by atoms with Gasteiger partial charge < -0.3 is 15.6 Å². The molecule has 2 amide bonds. The number of carbonyl (C=O) groups is 2. The van der Waals surface area contributed by atoms with Crippen LogP contribution >= 0.6 is 0 Å². The summed E-state index contributed by atoms with van der Waals surface area (Å²) in [7, 11) is 0. The Morgan fingerprint density at radius 2 is 2.16 bits per heavy atom. The van der Waals surface area contributed by atoms with E-state index in [0.29, 0.717) is 17.8 Å². The van der Waals surface area contributed by atoms with Gasteiger partial charge in [-0.1, -0.05) is 26.0 Å². The Hall–Kier alpha value is -3.14. The van der Waals surface area contributed by atoms with Crippen LogP contribution in [0.4, 0.5) is 0 Å². The van der Waals surface area contributed by atoms with Gasteiger partial charge in [-0.15, -0.1) is 0 Å². The second-order valence-corrected chi connectivity index (χ2v) is 6.05. The van der Waals surface area contributed by atoms with E-state index in [2.05, 4.69) is 20.6 Å². The van der Waals surface area contributed by atoms with Crippen molar-refractivity contribution in [2.45, 2.75) is 26.3 Å². The quantitative estimate of drug-likeness (QED) is 0.669. The number of aromatic amines is 1. The van der Waals surface area contributed by atoms with Crippen LogP contribution in [0.2, 0.25) is 0 Å². The first-order valence-corrected chi connectivity index (χ1v) is 8.06.